The average molecular weight is 370 g/mol. The first-order chi connectivity index (χ1) is 12.7. The SMILES string of the molecule is O=C(Cn1nnc2ccccc2c1=O)Nc1ncc(C2CCNCC2)s1. The molecule has 1 fully saturated rings. The minimum absolute atomic E-state index is 0.196. The van der Waals surface area contributed by atoms with E-state index in [1.807, 2.05) is 6.20 Å². The average Bonchev–Trinajstić information content (AvgIpc) is 3.13. The number of piperidine rings is 1. The molecule has 4 rings (SSSR count). The number of nitrogens with one attached hydrogen (secondary N) is 2. The highest BCUT2D eigenvalue weighted by molar-refractivity contribution is 7.15. The van der Waals surface area contributed by atoms with Gasteiger partial charge < -0.3 is 10.6 Å². The summed E-state index contributed by atoms with van der Waals surface area (Å²) in [5, 5.41) is 14.9. The Labute approximate surface area is 153 Å². The van der Waals surface area contributed by atoms with Crippen LogP contribution in [0, 0.1) is 0 Å². The van der Waals surface area contributed by atoms with E-state index in [2.05, 4.69) is 25.9 Å². The molecule has 1 aliphatic rings. The minimum Gasteiger partial charge on any atom is -0.317 e. The van der Waals surface area contributed by atoms with Crippen LogP contribution in [-0.4, -0.2) is 39.0 Å². The van der Waals surface area contributed by atoms with Crippen LogP contribution in [0.4, 0.5) is 5.13 Å². The highest BCUT2D eigenvalue weighted by Gasteiger charge is 2.18. The molecule has 2 aromatic heterocycles. The van der Waals surface area contributed by atoms with Crippen molar-refractivity contribution >= 4 is 33.3 Å². The van der Waals surface area contributed by atoms with Gasteiger partial charge in [0, 0.05) is 11.1 Å². The van der Waals surface area contributed by atoms with Crippen molar-refractivity contribution in [1.82, 2.24) is 25.3 Å². The van der Waals surface area contributed by atoms with Crippen molar-refractivity contribution in [2.75, 3.05) is 18.4 Å². The van der Waals surface area contributed by atoms with Gasteiger partial charge in [0.15, 0.2) is 5.13 Å². The molecule has 2 N–H and O–H groups in total. The molecule has 0 aliphatic carbocycles. The number of carbonyl (C=O) groups excluding carboxylic acids is 1. The van der Waals surface area contributed by atoms with Gasteiger partial charge in [-0.1, -0.05) is 17.3 Å². The van der Waals surface area contributed by atoms with Gasteiger partial charge in [0.25, 0.3) is 5.56 Å². The molecule has 0 saturated carbocycles. The first-order valence-corrected chi connectivity index (χ1v) is 9.31. The molecule has 0 spiro atoms. The van der Waals surface area contributed by atoms with Crippen LogP contribution in [0.15, 0.2) is 35.3 Å². The van der Waals surface area contributed by atoms with Gasteiger partial charge in [0.2, 0.25) is 5.91 Å². The summed E-state index contributed by atoms with van der Waals surface area (Å²) in [5.41, 5.74) is 0.181. The molecular weight excluding hydrogens is 352 g/mol. The van der Waals surface area contributed by atoms with Crippen LogP contribution in [0.3, 0.4) is 0 Å². The monoisotopic (exact) mass is 370 g/mol. The third-order valence-corrected chi connectivity index (χ3v) is 5.51. The Bertz CT molecular complexity index is 992. The number of carbonyl (C=O) groups is 1. The van der Waals surface area contributed by atoms with Crippen LogP contribution in [0.25, 0.3) is 10.9 Å². The summed E-state index contributed by atoms with van der Waals surface area (Å²) >= 11 is 1.49. The summed E-state index contributed by atoms with van der Waals surface area (Å²) in [6, 6.07) is 6.93. The van der Waals surface area contributed by atoms with Gasteiger partial charge in [-0.15, -0.1) is 16.4 Å². The van der Waals surface area contributed by atoms with E-state index in [9.17, 15) is 9.59 Å². The van der Waals surface area contributed by atoms with Crippen molar-refractivity contribution in [3.63, 3.8) is 0 Å². The fourth-order valence-electron chi connectivity index (χ4n) is 3.06. The van der Waals surface area contributed by atoms with Gasteiger partial charge in [-0.2, -0.15) is 0 Å². The lowest BCUT2D eigenvalue weighted by Crippen LogP contribution is -2.30. The Balaban J connectivity index is 1.45. The number of benzene rings is 1. The lowest BCUT2D eigenvalue weighted by molar-refractivity contribution is -0.117. The fraction of sp³-hybridized carbons (Fsp3) is 0.353. The van der Waals surface area contributed by atoms with Crippen molar-refractivity contribution in [3.8, 4) is 0 Å². The van der Waals surface area contributed by atoms with Crippen LogP contribution in [0.1, 0.15) is 23.6 Å². The maximum atomic E-state index is 12.4. The Kier molecular flexibility index (Phi) is 4.72. The molecule has 3 heterocycles. The number of anilines is 1. The molecule has 3 aromatic rings. The molecule has 0 unspecified atom stereocenters. The fourth-order valence-corrected chi connectivity index (χ4v) is 4.06. The Morgan fingerprint density at radius 2 is 2.12 bits per heavy atom. The van der Waals surface area contributed by atoms with Crippen LogP contribution in [0.2, 0.25) is 0 Å². The lowest BCUT2D eigenvalue weighted by atomic mass is 9.97. The number of thiazole rings is 1. The molecule has 1 amide bonds. The van der Waals surface area contributed by atoms with Gasteiger partial charge in [0.1, 0.15) is 12.1 Å². The second-order valence-electron chi connectivity index (χ2n) is 6.21. The van der Waals surface area contributed by atoms with E-state index in [0.717, 1.165) is 30.6 Å². The zero-order valence-corrected chi connectivity index (χ0v) is 14.8. The highest BCUT2D eigenvalue weighted by Crippen LogP contribution is 2.31. The van der Waals surface area contributed by atoms with Crippen molar-refractivity contribution < 1.29 is 4.79 Å². The Morgan fingerprint density at radius 1 is 1.31 bits per heavy atom. The van der Waals surface area contributed by atoms with E-state index in [-0.39, 0.29) is 18.0 Å². The number of aromatic nitrogens is 4. The maximum Gasteiger partial charge on any atom is 0.278 e. The molecular formula is C17H18N6O2S. The number of nitrogens with zero attached hydrogens (tertiary/aromatic N) is 4. The summed E-state index contributed by atoms with van der Waals surface area (Å²) in [4.78, 5) is 30.1. The summed E-state index contributed by atoms with van der Waals surface area (Å²) in [5.74, 6) is 0.149. The van der Waals surface area contributed by atoms with Crippen LogP contribution < -0.4 is 16.2 Å². The number of fused-ring (bicyclic) bond motifs is 1. The summed E-state index contributed by atoms with van der Waals surface area (Å²) in [6.07, 6.45) is 3.99. The summed E-state index contributed by atoms with van der Waals surface area (Å²) in [6.45, 7) is 1.82. The Hall–Kier alpha value is -2.65. The molecule has 0 radical (unpaired) electrons. The first-order valence-electron chi connectivity index (χ1n) is 8.49. The second-order valence-corrected chi connectivity index (χ2v) is 7.27. The molecule has 26 heavy (non-hydrogen) atoms. The third-order valence-electron chi connectivity index (χ3n) is 4.43. The molecule has 0 bridgehead atoms. The van der Waals surface area contributed by atoms with E-state index in [1.54, 1.807) is 24.3 Å². The van der Waals surface area contributed by atoms with E-state index in [4.69, 9.17) is 0 Å². The van der Waals surface area contributed by atoms with E-state index < -0.39 is 0 Å². The van der Waals surface area contributed by atoms with Crippen LogP contribution in [-0.2, 0) is 11.3 Å². The zero-order valence-electron chi connectivity index (χ0n) is 14.0. The number of amides is 1. The zero-order chi connectivity index (χ0) is 17.9. The van der Waals surface area contributed by atoms with Crippen molar-refractivity contribution in [3.05, 3.63) is 45.7 Å². The molecule has 1 saturated heterocycles. The van der Waals surface area contributed by atoms with Crippen LogP contribution in [0.5, 0.6) is 0 Å². The van der Waals surface area contributed by atoms with Gasteiger partial charge >= 0.3 is 0 Å². The van der Waals surface area contributed by atoms with E-state index >= 15 is 0 Å². The lowest BCUT2D eigenvalue weighted by Gasteiger charge is -2.20. The van der Waals surface area contributed by atoms with Crippen LogP contribution >= 0.6 is 11.3 Å². The number of hydrogen-bond acceptors (Lipinski definition) is 7. The van der Waals surface area contributed by atoms with Crippen molar-refractivity contribution in [2.24, 2.45) is 0 Å². The minimum atomic E-state index is -0.345. The molecule has 134 valence electrons. The first kappa shape index (κ1) is 16.8. The van der Waals surface area contributed by atoms with Gasteiger partial charge in [-0.05, 0) is 44.0 Å². The quantitative estimate of drug-likeness (QED) is 0.719. The number of rotatable bonds is 4. The molecule has 0 atom stereocenters. The smallest absolute Gasteiger partial charge is 0.278 e. The van der Waals surface area contributed by atoms with Gasteiger partial charge in [-0.25, -0.2) is 9.67 Å². The number of hydrogen-bond donors (Lipinski definition) is 2. The van der Waals surface area contributed by atoms with E-state index in [1.165, 1.54) is 16.2 Å². The molecule has 9 heteroatoms. The summed E-state index contributed by atoms with van der Waals surface area (Å²) in [7, 11) is 0. The van der Waals surface area contributed by atoms with Crippen molar-refractivity contribution in [1.29, 1.82) is 0 Å². The predicted octanol–water partition coefficient (Wildman–Crippen LogP) is 1.35. The van der Waals surface area contributed by atoms with Crippen molar-refractivity contribution in [2.45, 2.75) is 25.3 Å². The Morgan fingerprint density at radius 3 is 2.96 bits per heavy atom. The van der Waals surface area contributed by atoms with Gasteiger partial charge in [-0.3, -0.25) is 9.59 Å². The molecule has 8 nitrogen and oxygen atoms in total. The second kappa shape index (κ2) is 7.30. The third kappa shape index (κ3) is 3.49. The molecule has 1 aliphatic heterocycles. The van der Waals surface area contributed by atoms with Gasteiger partial charge in [0.05, 0.1) is 5.39 Å². The highest BCUT2D eigenvalue weighted by atomic mass is 32.1. The largest absolute Gasteiger partial charge is 0.317 e. The summed E-state index contributed by atoms with van der Waals surface area (Å²) < 4.78 is 1.07. The maximum absolute atomic E-state index is 12.4. The predicted molar refractivity (Wildman–Crippen MR) is 99.4 cm³/mol. The van der Waals surface area contributed by atoms with E-state index in [0.29, 0.717) is 22.0 Å². The topological polar surface area (TPSA) is 102 Å². The molecule has 1 aromatic carbocycles. The standard InChI is InChI=1S/C17H18N6O2S/c24-15(10-23-16(25)12-3-1-2-4-13(12)21-22-23)20-17-19-9-14(26-17)11-5-7-18-8-6-11/h1-4,9,11,18H,5-8,10H2,(H,19,20,24). The normalized spacial score (nSPS) is 15.2.